The number of aromatic nitrogens is 3. The molecular formula is C5H3ClN4S. The molecule has 4 nitrogen and oxygen atoms in total. The molecule has 0 aliphatic carbocycles. The number of anilines is 1. The molecule has 0 saturated heterocycles. The topological polar surface area (TPSA) is 64.7 Å². The summed E-state index contributed by atoms with van der Waals surface area (Å²) >= 11 is 6.87. The molecule has 11 heavy (non-hydrogen) atoms. The third-order valence-corrected chi connectivity index (χ3v) is 2.07. The number of nitrogens with two attached hydrogens (primary N) is 1. The van der Waals surface area contributed by atoms with Gasteiger partial charge in [-0.15, -0.1) is 0 Å². The summed E-state index contributed by atoms with van der Waals surface area (Å²) in [6, 6.07) is 0. The van der Waals surface area contributed by atoms with Gasteiger partial charge in [0.15, 0.2) is 15.6 Å². The first-order valence-electron chi connectivity index (χ1n) is 2.80. The van der Waals surface area contributed by atoms with E-state index in [2.05, 4.69) is 15.0 Å². The van der Waals surface area contributed by atoms with E-state index in [9.17, 15) is 0 Å². The van der Waals surface area contributed by atoms with Gasteiger partial charge in [0.05, 0.1) is 6.20 Å². The standard InChI is InChI=1S/C5H3ClN4S/c6-2-1-8-4-3(9-2)10-5(7)11-4/h1H,(H2,7,9,10). The molecule has 2 aromatic rings. The zero-order valence-electron chi connectivity index (χ0n) is 5.28. The number of hydrogen-bond acceptors (Lipinski definition) is 5. The van der Waals surface area contributed by atoms with Crippen LogP contribution in [0.2, 0.25) is 5.15 Å². The third kappa shape index (κ3) is 1.12. The van der Waals surface area contributed by atoms with E-state index in [1.807, 2.05) is 0 Å². The van der Waals surface area contributed by atoms with Crippen molar-refractivity contribution in [3.63, 3.8) is 0 Å². The lowest BCUT2D eigenvalue weighted by molar-refractivity contribution is 1.27. The Bertz CT molecular complexity index is 398. The predicted molar refractivity (Wildman–Crippen MR) is 44.6 cm³/mol. The number of nitrogen functional groups attached to an aromatic ring is 1. The van der Waals surface area contributed by atoms with Crippen molar-refractivity contribution < 1.29 is 0 Å². The van der Waals surface area contributed by atoms with E-state index in [4.69, 9.17) is 17.3 Å². The van der Waals surface area contributed by atoms with Crippen LogP contribution >= 0.6 is 22.9 Å². The van der Waals surface area contributed by atoms with Gasteiger partial charge in [-0.25, -0.2) is 9.97 Å². The number of fused-ring (bicyclic) bond motifs is 1. The first kappa shape index (κ1) is 6.75. The molecule has 0 bridgehead atoms. The lowest BCUT2D eigenvalue weighted by atomic mass is 10.7. The molecule has 56 valence electrons. The molecule has 0 aromatic carbocycles. The molecular weight excluding hydrogens is 184 g/mol. The summed E-state index contributed by atoms with van der Waals surface area (Å²) in [5.41, 5.74) is 5.94. The van der Waals surface area contributed by atoms with Crippen LogP contribution in [0.5, 0.6) is 0 Å². The number of hydrogen-bond donors (Lipinski definition) is 1. The number of thiazole rings is 1. The van der Waals surface area contributed by atoms with Gasteiger partial charge in [0, 0.05) is 0 Å². The third-order valence-electron chi connectivity index (χ3n) is 1.11. The van der Waals surface area contributed by atoms with Crippen LogP contribution in [0.3, 0.4) is 0 Å². The molecule has 0 saturated carbocycles. The Balaban J connectivity index is 2.82. The second kappa shape index (κ2) is 2.28. The number of nitrogens with zero attached hydrogens (tertiary/aromatic N) is 3. The van der Waals surface area contributed by atoms with Crippen LogP contribution in [0.4, 0.5) is 5.13 Å². The Hall–Kier alpha value is -0.940. The van der Waals surface area contributed by atoms with E-state index in [1.54, 1.807) is 0 Å². The van der Waals surface area contributed by atoms with E-state index >= 15 is 0 Å². The van der Waals surface area contributed by atoms with Crippen molar-refractivity contribution >= 4 is 38.5 Å². The quantitative estimate of drug-likeness (QED) is 0.674. The van der Waals surface area contributed by atoms with Crippen molar-refractivity contribution in [1.82, 2.24) is 15.0 Å². The van der Waals surface area contributed by atoms with E-state index in [-0.39, 0.29) is 0 Å². The minimum Gasteiger partial charge on any atom is -0.375 e. The highest BCUT2D eigenvalue weighted by Gasteiger charge is 2.02. The molecule has 2 rings (SSSR count). The van der Waals surface area contributed by atoms with Crippen LogP contribution in [0, 0.1) is 0 Å². The van der Waals surface area contributed by atoms with Gasteiger partial charge in [0.1, 0.15) is 5.15 Å². The zero-order chi connectivity index (χ0) is 7.84. The first-order chi connectivity index (χ1) is 5.25. The second-order valence-electron chi connectivity index (χ2n) is 1.87. The van der Waals surface area contributed by atoms with Crippen LogP contribution in [-0.2, 0) is 0 Å². The molecule has 0 fully saturated rings. The van der Waals surface area contributed by atoms with E-state index in [0.717, 1.165) is 0 Å². The van der Waals surface area contributed by atoms with Crippen molar-refractivity contribution in [2.75, 3.05) is 5.73 Å². The Morgan fingerprint density at radius 2 is 2.27 bits per heavy atom. The van der Waals surface area contributed by atoms with Crippen molar-refractivity contribution in [3.8, 4) is 0 Å². The molecule has 0 amide bonds. The van der Waals surface area contributed by atoms with E-state index < -0.39 is 0 Å². The maximum atomic E-state index is 5.58. The average molecular weight is 187 g/mol. The summed E-state index contributed by atoms with van der Waals surface area (Å²) in [5.74, 6) is 0. The number of halogens is 1. The Kier molecular flexibility index (Phi) is 1.40. The summed E-state index contributed by atoms with van der Waals surface area (Å²) in [6.45, 7) is 0. The van der Waals surface area contributed by atoms with Crippen LogP contribution in [0.15, 0.2) is 6.20 Å². The SMILES string of the molecule is Nc1nc2nc(Cl)cnc2s1. The summed E-state index contributed by atoms with van der Waals surface area (Å²) in [4.78, 5) is 12.5. The molecule has 6 heteroatoms. The zero-order valence-corrected chi connectivity index (χ0v) is 6.85. The average Bonchev–Trinajstić information content (AvgIpc) is 2.27. The van der Waals surface area contributed by atoms with Crippen LogP contribution in [0.1, 0.15) is 0 Å². The Morgan fingerprint density at radius 1 is 1.45 bits per heavy atom. The second-order valence-corrected chi connectivity index (χ2v) is 3.27. The van der Waals surface area contributed by atoms with Crippen molar-refractivity contribution in [2.45, 2.75) is 0 Å². The Labute approximate surface area is 71.1 Å². The van der Waals surface area contributed by atoms with E-state index in [0.29, 0.717) is 20.8 Å². The fourth-order valence-electron chi connectivity index (χ4n) is 0.719. The molecule has 0 unspecified atom stereocenters. The van der Waals surface area contributed by atoms with Gasteiger partial charge in [-0.2, -0.15) is 4.98 Å². The molecule has 0 spiro atoms. The number of rotatable bonds is 0. The highest BCUT2D eigenvalue weighted by molar-refractivity contribution is 7.21. The first-order valence-corrected chi connectivity index (χ1v) is 4.00. The smallest absolute Gasteiger partial charge is 0.193 e. The van der Waals surface area contributed by atoms with Gasteiger partial charge in [0.25, 0.3) is 0 Å². The summed E-state index contributed by atoms with van der Waals surface area (Å²) < 4.78 is 0. The van der Waals surface area contributed by atoms with Gasteiger partial charge >= 0.3 is 0 Å². The molecule has 2 heterocycles. The van der Waals surface area contributed by atoms with E-state index in [1.165, 1.54) is 17.5 Å². The molecule has 0 atom stereocenters. The molecule has 0 radical (unpaired) electrons. The highest BCUT2D eigenvalue weighted by atomic mass is 35.5. The summed E-state index contributed by atoms with van der Waals surface area (Å²) in [6.07, 6.45) is 1.47. The molecule has 0 aliphatic rings. The van der Waals surface area contributed by atoms with Gasteiger partial charge in [0.2, 0.25) is 0 Å². The molecule has 2 aromatic heterocycles. The van der Waals surface area contributed by atoms with Gasteiger partial charge in [-0.05, 0) is 0 Å². The molecule has 2 N–H and O–H groups in total. The highest BCUT2D eigenvalue weighted by Crippen LogP contribution is 2.20. The van der Waals surface area contributed by atoms with Gasteiger partial charge < -0.3 is 5.73 Å². The fraction of sp³-hybridized carbons (Fsp3) is 0. The lowest BCUT2D eigenvalue weighted by Gasteiger charge is -1.84. The fourth-order valence-corrected chi connectivity index (χ4v) is 1.47. The maximum absolute atomic E-state index is 5.58. The minimum atomic E-state index is 0.336. The van der Waals surface area contributed by atoms with Crippen molar-refractivity contribution in [2.24, 2.45) is 0 Å². The van der Waals surface area contributed by atoms with Gasteiger partial charge in [-0.1, -0.05) is 22.9 Å². The molecule has 0 aliphatic heterocycles. The van der Waals surface area contributed by atoms with Crippen molar-refractivity contribution in [3.05, 3.63) is 11.3 Å². The monoisotopic (exact) mass is 186 g/mol. The summed E-state index contributed by atoms with van der Waals surface area (Å²) in [7, 11) is 0. The largest absolute Gasteiger partial charge is 0.375 e. The summed E-state index contributed by atoms with van der Waals surface area (Å²) in [5, 5.41) is 0.796. The normalized spacial score (nSPS) is 10.6. The van der Waals surface area contributed by atoms with Crippen LogP contribution in [-0.4, -0.2) is 15.0 Å². The maximum Gasteiger partial charge on any atom is 0.193 e. The van der Waals surface area contributed by atoms with Crippen LogP contribution < -0.4 is 5.73 Å². The lowest BCUT2D eigenvalue weighted by Crippen LogP contribution is -1.82. The van der Waals surface area contributed by atoms with Crippen LogP contribution in [0.25, 0.3) is 10.5 Å². The predicted octanol–water partition coefficient (Wildman–Crippen LogP) is 1.32. The van der Waals surface area contributed by atoms with Crippen molar-refractivity contribution in [1.29, 1.82) is 0 Å². The minimum absolute atomic E-state index is 0.336. The van der Waals surface area contributed by atoms with Gasteiger partial charge in [-0.3, -0.25) is 0 Å². The Morgan fingerprint density at radius 3 is 3.09 bits per heavy atom.